The molecule has 0 aliphatic rings. The summed E-state index contributed by atoms with van der Waals surface area (Å²) in [5.74, 6) is 1.13. The Bertz CT molecular complexity index is 1520. The molecule has 10 heteroatoms. The van der Waals surface area contributed by atoms with Crippen molar-refractivity contribution in [1.82, 2.24) is 30.0 Å². The summed E-state index contributed by atoms with van der Waals surface area (Å²) in [6.45, 7) is 0.606. The fraction of sp³-hybridized carbons (Fsp3) is 0.214. The van der Waals surface area contributed by atoms with E-state index in [0.717, 1.165) is 33.8 Å². The van der Waals surface area contributed by atoms with Gasteiger partial charge >= 0.3 is 0 Å². The van der Waals surface area contributed by atoms with Gasteiger partial charge in [0.1, 0.15) is 18.0 Å². The van der Waals surface area contributed by atoms with Gasteiger partial charge in [-0.2, -0.15) is 5.10 Å². The second-order valence-corrected chi connectivity index (χ2v) is 8.78. The van der Waals surface area contributed by atoms with Crippen molar-refractivity contribution >= 4 is 28.3 Å². The number of carbonyl (C=O) groups excluding carboxylic acids is 1. The van der Waals surface area contributed by atoms with Crippen molar-refractivity contribution in [1.29, 1.82) is 0 Å². The Morgan fingerprint density at radius 3 is 2.53 bits per heavy atom. The van der Waals surface area contributed by atoms with Crippen LogP contribution in [0.15, 0.2) is 73.3 Å². The highest BCUT2D eigenvalue weighted by atomic mass is 16.5. The Kier molecular flexibility index (Phi) is 7.21. The van der Waals surface area contributed by atoms with Crippen molar-refractivity contribution in [3.05, 3.63) is 79.0 Å². The molecule has 10 nitrogen and oxygen atoms in total. The predicted octanol–water partition coefficient (Wildman–Crippen LogP) is 3.87. The molecule has 0 spiro atoms. The van der Waals surface area contributed by atoms with E-state index in [4.69, 9.17) is 14.5 Å². The maximum Gasteiger partial charge on any atom is 0.239 e. The summed E-state index contributed by atoms with van der Waals surface area (Å²) in [4.78, 5) is 27.5. The average Bonchev–Trinajstić information content (AvgIpc) is 3.62. The molecule has 0 aliphatic heterocycles. The lowest BCUT2D eigenvalue weighted by molar-refractivity contribution is -0.119. The van der Waals surface area contributed by atoms with Gasteiger partial charge in [-0.1, -0.05) is 0 Å². The average molecular weight is 512 g/mol. The third kappa shape index (κ3) is 5.59. The van der Waals surface area contributed by atoms with E-state index in [1.54, 1.807) is 37.4 Å². The van der Waals surface area contributed by atoms with Gasteiger partial charge < -0.3 is 24.7 Å². The Morgan fingerprint density at radius 2 is 1.84 bits per heavy atom. The monoisotopic (exact) mass is 511 g/mol. The summed E-state index contributed by atoms with van der Waals surface area (Å²) < 4.78 is 12.7. The van der Waals surface area contributed by atoms with Crippen LogP contribution in [0.5, 0.6) is 11.5 Å². The smallest absolute Gasteiger partial charge is 0.239 e. The topological polar surface area (TPSA) is 110 Å². The first kappa shape index (κ1) is 24.8. The third-order valence-corrected chi connectivity index (χ3v) is 6.17. The second-order valence-electron chi connectivity index (χ2n) is 8.78. The molecule has 0 unspecified atom stereocenters. The Balaban J connectivity index is 1.48. The van der Waals surface area contributed by atoms with Gasteiger partial charge in [0.25, 0.3) is 0 Å². The summed E-state index contributed by atoms with van der Waals surface area (Å²) in [6, 6.07) is 15.2. The Labute approximate surface area is 220 Å². The summed E-state index contributed by atoms with van der Waals surface area (Å²) in [5, 5.41) is 7.25. The number of amides is 1. The van der Waals surface area contributed by atoms with Gasteiger partial charge in [0, 0.05) is 73.2 Å². The van der Waals surface area contributed by atoms with Crippen LogP contribution >= 0.6 is 0 Å². The SMILES string of the molecule is COc1cc(OC)cc(N(CC(=O)NCCc2ccc[nH]2)c2ccc3ncc(-c4cnn(C)c4)nc3c2)c1. The number of anilines is 2. The summed E-state index contributed by atoms with van der Waals surface area (Å²) >= 11 is 0. The van der Waals surface area contributed by atoms with Crippen molar-refractivity contribution < 1.29 is 14.3 Å². The number of fused-ring (bicyclic) bond motifs is 1. The summed E-state index contributed by atoms with van der Waals surface area (Å²) in [5.41, 5.74) is 5.65. The molecule has 0 saturated carbocycles. The molecule has 0 saturated heterocycles. The molecular formula is C28H29N7O3. The van der Waals surface area contributed by atoms with Crippen LogP contribution in [0.25, 0.3) is 22.3 Å². The van der Waals surface area contributed by atoms with Crippen molar-refractivity contribution in [2.24, 2.45) is 7.05 Å². The zero-order chi connectivity index (χ0) is 26.5. The van der Waals surface area contributed by atoms with Crippen LogP contribution in [0.2, 0.25) is 0 Å². The number of hydrogen-bond acceptors (Lipinski definition) is 7. The lowest BCUT2D eigenvalue weighted by Gasteiger charge is -2.25. The molecule has 38 heavy (non-hydrogen) atoms. The number of aromatic amines is 1. The molecule has 5 rings (SSSR count). The van der Waals surface area contributed by atoms with E-state index < -0.39 is 0 Å². The zero-order valence-electron chi connectivity index (χ0n) is 21.5. The van der Waals surface area contributed by atoms with Gasteiger partial charge in [-0.15, -0.1) is 0 Å². The highest BCUT2D eigenvalue weighted by molar-refractivity contribution is 5.88. The molecule has 0 bridgehead atoms. The quantitative estimate of drug-likeness (QED) is 0.293. The number of carbonyl (C=O) groups is 1. The van der Waals surface area contributed by atoms with E-state index in [0.29, 0.717) is 30.0 Å². The highest BCUT2D eigenvalue weighted by Crippen LogP contribution is 2.34. The maximum absolute atomic E-state index is 13.1. The zero-order valence-corrected chi connectivity index (χ0v) is 21.5. The van der Waals surface area contributed by atoms with Crippen LogP contribution in [0.3, 0.4) is 0 Å². The van der Waals surface area contributed by atoms with Crippen molar-refractivity contribution in [3.63, 3.8) is 0 Å². The predicted molar refractivity (Wildman–Crippen MR) is 146 cm³/mol. The second kappa shape index (κ2) is 11.0. The van der Waals surface area contributed by atoms with Crippen molar-refractivity contribution in [2.45, 2.75) is 6.42 Å². The first-order valence-corrected chi connectivity index (χ1v) is 12.2. The van der Waals surface area contributed by atoms with E-state index in [1.165, 1.54) is 0 Å². The first-order chi connectivity index (χ1) is 18.5. The molecule has 3 heterocycles. The fourth-order valence-corrected chi connectivity index (χ4v) is 4.20. The first-order valence-electron chi connectivity index (χ1n) is 12.2. The van der Waals surface area contributed by atoms with Crippen molar-refractivity contribution in [3.8, 4) is 22.8 Å². The summed E-state index contributed by atoms with van der Waals surface area (Å²) in [7, 11) is 5.06. The molecule has 0 atom stereocenters. The van der Waals surface area contributed by atoms with Crippen LogP contribution in [-0.2, 0) is 18.3 Å². The lowest BCUT2D eigenvalue weighted by atomic mass is 10.2. The molecule has 5 aromatic rings. The van der Waals surface area contributed by atoms with Gasteiger partial charge in [0.15, 0.2) is 0 Å². The standard InChI is InChI=1S/C28H29N7O3/c1-34-17-19(15-32-34)27-16-31-25-7-6-21(13-26(25)33-27)35(22-11-23(37-2)14-24(12-22)38-3)18-28(36)30-10-8-20-5-4-9-29-20/h4-7,9,11-17,29H,8,10,18H2,1-3H3,(H,30,36). The summed E-state index contributed by atoms with van der Waals surface area (Å²) in [6.07, 6.45) is 7.98. The van der Waals surface area contributed by atoms with Crippen LogP contribution in [-0.4, -0.2) is 57.9 Å². The van der Waals surface area contributed by atoms with E-state index in [9.17, 15) is 4.79 Å². The Morgan fingerprint density at radius 1 is 1.03 bits per heavy atom. The van der Waals surface area contributed by atoms with Gasteiger partial charge in [-0.25, -0.2) is 4.98 Å². The van der Waals surface area contributed by atoms with E-state index >= 15 is 0 Å². The minimum atomic E-state index is -0.117. The minimum Gasteiger partial charge on any atom is -0.497 e. The minimum absolute atomic E-state index is 0.0856. The number of aromatic nitrogens is 5. The van der Waals surface area contributed by atoms with Crippen molar-refractivity contribution in [2.75, 3.05) is 32.2 Å². The number of methoxy groups -OCH3 is 2. The van der Waals surface area contributed by atoms with E-state index in [2.05, 4.69) is 20.4 Å². The molecule has 194 valence electrons. The van der Waals surface area contributed by atoms with Crippen LogP contribution in [0.1, 0.15) is 5.69 Å². The number of aryl methyl sites for hydroxylation is 1. The van der Waals surface area contributed by atoms with E-state index in [-0.39, 0.29) is 12.5 Å². The van der Waals surface area contributed by atoms with Crippen LogP contribution in [0, 0.1) is 0 Å². The Hall–Kier alpha value is -4.86. The van der Waals surface area contributed by atoms with E-state index in [1.807, 2.05) is 66.8 Å². The number of benzene rings is 2. The van der Waals surface area contributed by atoms with Gasteiger partial charge in [-0.05, 0) is 30.3 Å². The number of H-pyrrole nitrogens is 1. The van der Waals surface area contributed by atoms with Gasteiger partial charge in [-0.3, -0.25) is 14.5 Å². The number of ether oxygens (including phenoxy) is 2. The fourth-order valence-electron chi connectivity index (χ4n) is 4.20. The van der Waals surface area contributed by atoms with Crippen LogP contribution < -0.4 is 19.7 Å². The molecule has 3 aromatic heterocycles. The number of hydrogen-bond donors (Lipinski definition) is 2. The lowest BCUT2D eigenvalue weighted by Crippen LogP contribution is -2.36. The van der Waals surface area contributed by atoms with Gasteiger partial charge in [0.2, 0.25) is 5.91 Å². The third-order valence-electron chi connectivity index (χ3n) is 6.17. The number of nitrogens with zero attached hydrogens (tertiary/aromatic N) is 5. The molecule has 2 N–H and O–H groups in total. The highest BCUT2D eigenvalue weighted by Gasteiger charge is 2.18. The molecule has 0 aliphatic carbocycles. The number of rotatable bonds is 10. The largest absolute Gasteiger partial charge is 0.497 e. The molecule has 1 amide bonds. The molecule has 2 aromatic carbocycles. The van der Waals surface area contributed by atoms with Crippen LogP contribution in [0.4, 0.5) is 11.4 Å². The van der Waals surface area contributed by atoms with Gasteiger partial charge in [0.05, 0.1) is 43.3 Å². The normalized spacial score (nSPS) is 10.9. The number of nitrogens with one attached hydrogen (secondary N) is 2. The maximum atomic E-state index is 13.1. The molecule has 0 fully saturated rings. The molecule has 0 radical (unpaired) electrons. The molecular weight excluding hydrogens is 482 g/mol.